The molecule has 0 aromatic heterocycles. The Morgan fingerprint density at radius 2 is 1.88 bits per heavy atom. The molecule has 1 amide bonds. The summed E-state index contributed by atoms with van der Waals surface area (Å²) in [5, 5.41) is -0.181. The minimum atomic E-state index is -4.06. The summed E-state index contributed by atoms with van der Waals surface area (Å²) >= 11 is 0.971. The number of thioether (sulfide) groups is 1. The normalized spacial score (nSPS) is 11.2. The first-order valence-corrected chi connectivity index (χ1v) is 9.27. The molecule has 0 radical (unpaired) electrons. The molecule has 0 heterocycles. The molecule has 24 heavy (non-hydrogen) atoms. The van der Waals surface area contributed by atoms with Gasteiger partial charge in [0.1, 0.15) is 10.7 Å². The smallest absolute Gasteiger partial charge is 0.285 e. The highest BCUT2D eigenvalue weighted by Gasteiger charge is 2.19. The molecular weight excluding hydrogens is 351 g/mol. The number of aryl methyl sites for hydroxylation is 1. The summed E-state index contributed by atoms with van der Waals surface area (Å²) in [6.45, 7) is 1.68. The Labute approximate surface area is 144 Å². The van der Waals surface area contributed by atoms with Crippen molar-refractivity contribution in [2.45, 2.75) is 16.7 Å². The molecule has 5 nitrogen and oxygen atoms in total. The van der Waals surface area contributed by atoms with Gasteiger partial charge in [-0.1, -0.05) is 12.1 Å². The lowest BCUT2D eigenvalue weighted by molar-refractivity contribution is 0.241. The molecule has 2 aromatic rings. The number of sulfonamides is 1. The molecule has 0 unspecified atom stereocenters. The lowest BCUT2D eigenvalue weighted by Gasteiger charge is -2.12. The van der Waals surface area contributed by atoms with Crippen molar-refractivity contribution in [3.63, 3.8) is 0 Å². The number of anilines is 1. The Morgan fingerprint density at radius 3 is 2.54 bits per heavy atom. The fraction of sp³-hybridized carbons (Fsp3) is 0.188. The molecule has 0 bridgehead atoms. The number of hydrogen-bond donors (Lipinski definition) is 1. The van der Waals surface area contributed by atoms with Crippen LogP contribution >= 0.6 is 11.8 Å². The van der Waals surface area contributed by atoms with Crippen molar-refractivity contribution in [3.05, 3.63) is 53.8 Å². The number of hydrogen-bond acceptors (Lipinski definition) is 4. The lowest BCUT2D eigenvalue weighted by Crippen LogP contribution is -2.16. The van der Waals surface area contributed by atoms with Gasteiger partial charge in [0.25, 0.3) is 15.3 Å². The van der Waals surface area contributed by atoms with Crippen molar-refractivity contribution in [2.75, 3.05) is 18.8 Å². The minimum Gasteiger partial charge on any atom is -0.339 e. The van der Waals surface area contributed by atoms with E-state index in [2.05, 4.69) is 4.72 Å². The van der Waals surface area contributed by atoms with Crippen LogP contribution in [0.1, 0.15) is 5.56 Å². The summed E-state index contributed by atoms with van der Waals surface area (Å²) in [5.41, 5.74) is 0.894. The fourth-order valence-electron chi connectivity index (χ4n) is 1.84. The molecule has 0 saturated heterocycles. The van der Waals surface area contributed by atoms with Gasteiger partial charge in [-0.05, 0) is 54.6 Å². The zero-order valence-corrected chi connectivity index (χ0v) is 15.0. The maximum absolute atomic E-state index is 13.8. The van der Waals surface area contributed by atoms with Gasteiger partial charge < -0.3 is 4.90 Å². The van der Waals surface area contributed by atoms with Crippen molar-refractivity contribution in [3.8, 4) is 0 Å². The van der Waals surface area contributed by atoms with Crippen LogP contribution in [0, 0.1) is 12.7 Å². The van der Waals surface area contributed by atoms with Crippen LogP contribution in [0.5, 0.6) is 0 Å². The fourth-order valence-corrected chi connectivity index (χ4v) is 3.77. The number of carbonyl (C=O) groups excluding carboxylic acids is 1. The summed E-state index contributed by atoms with van der Waals surface area (Å²) in [6, 6.07) is 10.3. The van der Waals surface area contributed by atoms with Crippen molar-refractivity contribution in [1.29, 1.82) is 0 Å². The average molecular weight is 368 g/mol. The number of amides is 1. The van der Waals surface area contributed by atoms with E-state index in [9.17, 15) is 17.6 Å². The van der Waals surface area contributed by atoms with E-state index < -0.39 is 20.7 Å². The summed E-state index contributed by atoms with van der Waals surface area (Å²) in [7, 11) is -0.803. The van der Waals surface area contributed by atoms with E-state index >= 15 is 0 Å². The van der Waals surface area contributed by atoms with Gasteiger partial charge in [0.2, 0.25) is 0 Å². The van der Waals surface area contributed by atoms with Crippen molar-refractivity contribution in [1.82, 2.24) is 4.90 Å². The zero-order valence-electron chi connectivity index (χ0n) is 13.4. The van der Waals surface area contributed by atoms with Gasteiger partial charge in [-0.2, -0.15) is 0 Å². The molecule has 0 atom stereocenters. The van der Waals surface area contributed by atoms with Crippen molar-refractivity contribution >= 4 is 32.7 Å². The first-order valence-electron chi connectivity index (χ1n) is 6.97. The van der Waals surface area contributed by atoms with E-state index in [0.29, 0.717) is 10.5 Å². The Bertz CT molecular complexity index is 867. The van der Waals surface area contributed by atoms with Crippen molar-refractivity contribution < 1.29 is 17.6 Å². The number of rotatable bonds is 4. The highest BCUT2D eigenvalue weighted by Crippen LogP contribution is 2.26. The Morgan fingerprint density at radius 1 is 1.17 bits per heavy atom. The summed E-state index contributed by atoms with van der Waals surface area (Å²) in [4.78, 5) is 13.3. The second-order valence-corrected chi connectivity index (χ2v) is 8.01. The third-order valence-corrected chi connectivity index (χ3v) is 5.46. The zero-order chi connectivity index (χ0) is 17.9. The SMILES string of the molecule is Cc1ccc(F)c(S(=O)(=O)Nc2cccc(SC(=O)N(C)C)c2)c1. The average Bonchev–Trinajstić information content (AvgIpc) is 2.49. The molecule has 0 fully saturated rings. The first-order chi connectivity index (χ1) is 11.2. The van der Waals surface area contributed by atoms with Gasteiger partial charge in [-0.25, -0.2) is 12.8 Å². The lowest BCUT2D eigenvalue weighted by atomic mass is 10.2. The third-order valence-electron chi connectivity index (χ3n) is 3.03. The second kappa shape index (κ2) is 7.23. The van der Waals surface area contributed by atoms with Crippen LogP contribution in [0.2, 0.25) is 0 Å². The molecule has 0 aliphatic rings. The van der Waals surface area contributed by atoms with E-state index in [-0.39, 0.29) is 10.9 Å². The van der Waals surface area contributed by atoms with Gasteiger partial charge in [0.15, 0.2) is 0 Å². The van der Waals surface area contributed by atoms with Crippen molar-refractivity contribution in [2.24, 2.45) is 0 Å². The molecule has 0 spiro atoms. The minimum absolute atomic E-state index is 0.181. The van der Waals surface area contributed by atoms with Crippen LogP contribution in [-0.4, -0.2) is 32.7 Å². The molecular formula is C16H17FN2O3S2. The highest BCUT2D eigenvalue weighted by atomic mass is 32.2. The van der Waals surface area contributed by atoms with E-state index in [1.807, 2.05) is 0 Å². The van der Waals surface area contributed by atoms with Gasteiger partial charge in [0, 0.05) is 24.7 Å². The van der Waals surface area contributed by atoms with Crippen LogP contribution in [0.15, 0.2) is 52.3 Å². The Hall–Kier alpha value is -2.06. The Kier molecular flexibility index (Phi) is 5.51. The van der Waals surface area contributed by atoms with Crippen LogP contribution in [-0.2, 0) is 10.0 Å². The van der Waals surface area contributed by atoms with Gasteiger partial charge >= 0.3 is 0 Å². The van der Waals surface area contributed by atoms with E-state index in [0.717, 1.165) is 17.8 Å². The number of nitrogens with one attached hydrogen (secondary N) is 1. The summed E-state index contributed by atoms with van der Waals surface area (Å²) in [5.74, 6) is -0.818. The number of nitrogens with zero attached hydrogens (tertiary/aromatic N) is 1. The van der Waals surface area contributed by atoms with Gasteiger partial charge in [-0.15, -0.1) is 0 Å². The number of benzene rings is 2. The van der Waals surface area contributed by atoms with Crippen LogP contribution in [0.25, 0.3) is 0 Å². The quantitative estimate of drug-likeness (QED) is 0.836. The highest BCUT2D eigenvalue weighted by molar-refractivity contribution is 8.13. The number of halogens is 1. The molecule has 0 saturated carbocycles. The van der Waals surface area contributed by atoms with E-state index in [1.165, 1.54) is 29.2 Å². The molecule has 2 rings (SSSR count). The van der Waals surface area contributed by atoms with E-state index in [1.54, 1.807) is 33.2 Å². The molecule has 1 N–H and O–H groups in total. The molecule has 2 aromatic carbocycles. The van der Waals surface area contributed by atoms with Crippen LogP contribution in [0.3, 0.4) is 0 Å². The Balaban J connectivity index is 2.27. The van der Waals surface area contributed by atoms with Gasteiger partial charge in [-0.3, -0.25) is 9.52 Å². The second-order valence-electron chi connectivity index (χ2n) is 5.33. The van der Waals surface area contributed by atoms with Crippen LogP contribution < -0.4 is 4.72 Å². The topological polar surface area (TPSA) is 66.5 Å². The standard InChI is InChI=1S/C16H17FN2O3S2/c1-11-7-8-14(17)15(9-11)24(21,22)18-12-5-4-6-13(10-12)23-16(20)19(2)3/h4-10,18H,1-3H3. The monoisotopic (exact) mass is 368 g/mol. The van der Waals surface area contributed by atoms with Crippen LogP contribution in [0.4, 0.5) is 14.9 Å². The number of carbonyl (C=O) groups is 1. The maximum Gasteiger partial charge on any atom is 0.285 e. The molecule has 8 heteroatoms. The molecule has 128 valence electrons. The molecule has 0 aliphatic heterocycles. The third kappa shape index (κ3) is 4.48. The van der Waals surface area contributed by atoms with Gasteiger partial charge in [0.05, 0.1) is 0 Å². The van der Waals surface area contributed by atoms with E-state index in [4.69, 9.17) is 0 Å². The predicted molar refractivity (Wildman–Crippen MR) is 93.3 cm³/mol. The largest absolute Gasteiger partial charge is 0.339 e. The summed E-state index contributed by atoms with van der Waals surface area (Å²) < 4.78 is 40.9. The first kappa shape index (κ1) is 18.3. The maximum atomic E-state index is 13.8. The summed E-state index contributed by atoms with van der Waals surface area (Å²) in [6.07, 6.45) is 0. The molecule has 0 aliphatic carbocycles. The predicted octanol–water partition coefficient (Wildman–Crippen LogP) is 3.71.